The first-order valence-electron chi connectivity index (χ1n) is 12.2. The lowest BCUT2D eigenvalue weighted by atomic mass is 9.81. The molecule has 0 radical (unpaired) electrons. The minimum atomic E-state index is -0.329. The topological polar surface area (TPSA) is 58.9 Å². The van der Waals surface area contributed by atoms with Crippen molar-refractivity contribution < 1.29 is 9.66 Å². The van der Waals surface area contributed by atoms with Crippen molar-refractivity contribution in [3.05, 3.63) is 69.3 Å². The van der Waals surface area contributed by atoms with E-state index in [4.69, 9.17) is 4.74 Å². The molecule has 0 spiro atoms. The highest BCUT2D eigenvalue weighted by molar-refractivity contribution is 5.47. The SMILES string of the molecule is O=[N+]([O-])c1ccc([C@@H]2CN3CCC[C@@H]3c3cc(OCCCN4CCCCC4)ccc32)cc1. The summed E-state index contributed by atoms with van der Waals surface area (Å²) >= 11 is 0. The van der Waals surface area contributed by atoms with Gasteiger partial charge in [0, 0.05) is 37.2 Å². The average Bonchev–Trinajstić information content (AvgIpc) is 3.31. The first-order chi connectivity index (χ1) is 15.7. The summed E-state index contributed by atoms with van der Waals surface area (Å²) in [5, 5.41) is 11.1. The second-order valence-corrected chi connectivity index (χ2v) is 9.45. The number of fused-ring (bicyclic) bond motifs is 3. The lowest BCUT2D eigenvalue weighted by Crippen LogP contribution is -2.34. The highest BCUT2D eigenvalue weighted by atomic mass is 16.6. The molecule has 0 aromatic heterocycles. The van der Waals surface area contributed by atoms with Gasteiger partial charge in [-0.3, -0.25) is 15.0 Å². The van der Waals surface area contributed by atoms with E-state index in [2.05, 4.69) is 28.0 Å². The maximum absolute atomic E-state index is 11.1. The van der Waals surface area contributed by atoms with Crippen LogP contribution in [0.1, 0.15) is 67.2 Å². The molecular formula is C26H33N3O3. The Kier molecular flexibility index (Phi) is 6.42. The average molecular weight is 436 g/mol. The fourth-order valence-electron chi connectivity index (χ4n) is 5.75. The fourth-order valence-corrected chi connectivity index (χ4v) is 5.75. The first-order valence-corrected chi connectivity index (χ1v) is 12.2. The largest absolute Gasteiger partial charge is 0.494 e. The van der Waals surface area contributed by atoms with Gasteiger partial charge in [-0.05, 0) is 80.6 Å². The lowest BCUT2D eigenvalue weighted by Gasteiger charge is -2.37. The number of likely N-dealkylation sites (tertiary alicyclic amines) is 1. The molecule has 0 amide bonds. The van der Waals surface area contributed by atoms with Crippen LogP contribution in [0.5, 0.6) is 5.75 Å². The van der Waals surface area contributed by atoms with Crippen LogP contribution in [-0.4, -0.2) is 54.1 Å². The number of ether oxygens (including phenoxy) is 1. The molecule has 2 fully saturated rings. The van der Waals surface area contributed by atoms with Gasteiger partial charge in [0.2, 0.25) is 0 Å². The number of nitro groups is 1. The summed E-state index contributed by atoms with van der Waals surface area (Å²) in [6.07, 6.45) is 7.52. The van der Waals surface area contributed by atoms with Crippen LogP contribution in [0.2, 0.25) is 0 Å². The zero-order chi connectivity index (χ0) is 21.9. The summed E-state index contributed by atoms with van der Waals surface area (Å²) in [6.45, 7) is 6.46. The van der Waals surface area contributed by atoms with Gasteiger partial charge in [-0.1, -0.05) is 24.6 Å². The second-order valence-electron chi connectivity index (χ2n) is 9.45. The molecule has 32 heavy (non-hydrogen) atoms. The summed E-state index contributed by atoms with van der Waals surface area (Å²) in [4.78, 5) is 15.9. The van der Waals surface area contributed by atoms with Gasteiger partial charge in [0.1, 0.15) is 5.75 Å². The maximum Gasteiger partial charge on any atom is 0.269 e. The number of nitrogens with zero attached hydrogens (tertiary/aromatic N) is 3. The van der Waals surface area contributed by atoms with E-state index < -0.39 is 0 Å². The van der Waals surface area contributed by atoms with E-state index in [1.807, 2.05) is 12.1 Å². The van der Waals surface area contributed by atoms with Crippen LogP contribution < -0.4 is 4.74 Å². The molecule has 0 unspecified atom stereocenters. The van der Waals surface area contributed by atoms with Crippen molar-refractivity contribution in [1.29, 1.82) is 0 Å². The van der Waals surface area contributed by atoms with Gasteiger partial charge in [-0.15, -0.1) is 0 Å². The molecule has 2 aromatic carbocycles. The Labute approximate surface area is 190 Å². The van der Waals surface area contributed by atoms with Gasteiger partial charge in [-0.25, -0.2) is 0 Å². The number of benzene rings is 2. The van der Waals surface area contributed by atoms with Gasteiger partial charge in [0.15, 0.2) is 0 Å². The Bertz CT molecular complexity index is 940. The lowest BCUT2D eigenvalue weighted by molar-refractivity contribution is -0.384. The van der Waals surface area contributed by atoms with E-state index >= 15 is 0 Å². The van der Waals surface area contributed by atoms with Crippen molar-refractivity contribution in [2.45, 2.75) is 50.5 Å². The van der Waals surface area contributed by atoms with E-state index in [9.17, 15) is 10.1 Å². The van der Waals surface area contributed by atoms with Crippen molar-refractivity contribution in [3.8, 4) is 5.75 Å². The van der Waals surface area contributed by atoms with Gasteiger partial charge in [-0.2, -0.15) is 0 Å². The predicted octanol–water partition coefficient (Wildman–Crippen LogP) is 5.13. The van der Waals surface area contributed by atoms with Crippen molar-refractivity contribution in [1.82, 2.24) is 9.80 Å². The van der Waals surface area contributed by atoms with Crippen LogP contribution in [0.4, 0.5) is 5.69 Å². The Morgan fingerprint density at radius 1 is 0.969 bits per heavy atom. The molecule has 6 nitrogen and oxygen atoms in total. The summed E-state index contributed by atoms with van der Waals surface area (Å²) in [7, 11) is 0. The number of hydrogen-bond acceptors (Lipinski definition) is 5. The fraction of sp³-hybridized carbons (Fsp3) is 0.538. The Hall–Kier alpha value is -2.44. The highest BCUT2D eigenvalue weighted by Crippen LogP contribution is 2.45. The Morgan fingerprint density at radius 3 is 2.56 bits per heavy atom. The minimum absolute atomic E-state index is 0.150. The molecule has 0 aliphatic carbocycles. The molecule has 5 rings (SSSR count). The minimum Gasteiger partial charge on any atom is -0.494 e. The van der Waals surface area contributed by atoms with Crippen molar-refractivity contribution in [2.75, 3.05) is 39.3 Å². The third kappa shape index (κ3) is 4.52. The van der Waals surface area contributed by atoms with Gasteiger partial charge < -0.3 is 9.64 Å². The molecular weight excluding hydrogens is 402 g/mol. The number of hydrogen-bond donors (Lipinski definition) is 0. The van der Waals surface area contributed by atoms with E-state index in [-0.39, 0.29) is 16.5 Å². The third-order valence-corrected chi connectivity index (χ3v) is 7.42. The van der Waals surface area contributed by atoms with Crippen LogP contribution >= 0.6 is 0 Å². The van der Waals surface area contributed by atoms with Gasteiger partial charge in [0.25, 0.3) is 5.69 Å². The molecule has 2 atom stereocenters. The van der Waals surface area contributed by atoms with Crippen molar-refractivity contribution in [3.63, 3.8) is 0 Å². The molecule has 170 valence electrons. The standard InChI is InChI=1S/C26H33N3O3/c30-29(31)21-9-7-20(8-10-21)25-19-28-16-4-6-26(28)24-18-22(11-12-23(24)25)32-17-5-15-27-13-2-1-3-14-27/h7-12,18,25-26H,1-6,13-17,19H2/t25-,26+/m0/s1. The molecule has 6 heteroatoms. The summed E-state index contributed by atoms with van der Waals surface area (Å²) < 4.78 is 6.17. The van der Waals surface area contributed by atoms with Crippen LogP contribution in [-0.2, 0) is 0 Å². The Balaban J connectivity index is 1.30. The molecule has 2 aromatic rings. The maximum atomic E-state index is 11.1. The number of nitro benzene ring substituents is 1. The monoisotopic (exact) mass is 435 g/mol. The molecule has 3 heterocycles. The number of rotatable bonds is 7. The Morgan fingerprint density at radius 2 is 1.78 bits per heavy atom. The summed E-state index contributed by atoms with van der Waals surface area (Å²) in [5.41, 5.74) is 4.03. The molecule has 0 saturated carbocycles. The third-order valence-electron chi connectivity index (χ3n) is 7.42. The smallest absolute Gasteiger partial charge is 0.269 e. The second kappa shape index (κ2) is 9.59. The molecule has 0 bridgehead atoms. The first kappa shape index (κ1) is 21.4. The van der Waals surface area contributed by atoms with E-state index in [1.165, 1.54) is 56.3 Å². The molecule has 3 aliphatic heterocycles. The zero-order valence-corrected chi connectivity index (χ0v) is 18.7. The van der Waals surface area contributed by atoms with Crippen LogP contribution in [0.15, 0.2) is 42.5 Å². The zero-order valence-electron chi connectivity index (χ0n) is 18.7. The summed E-state index contributed by atoms with van der Waals surface area (Å²) in [6, 6.07) is 14.2. The highest BCUT2D eigenvalue weighted by Gasteiger charge is 2.36. The van der Waals surface area contributed by atoms with Crippen LogP contribution in [0.3, 0.4) is 0 Å². The number of non-ortho nitro benzene ring substituents is 1. The molecule has 0 N–H and O–H groups in total. The van der Waals surface area contributed by atoms with Crippen molar-refractivity contribution >= 4 is 5.69 Å². The van der Waals surface area contributed by atoms with E-state index in [0.29, 0.717) is 6.04 Å². The normalized spacial score (nSPS) is 23.5. The van der Waals surface area contributed by atoms with Gasteiger partial charge in [0.05, 0.1) is 11.5 Å². The summed E-state index contributed by atoms with van der Waals surface area (Å²) in [5.74, 6) is 1.21. The van der Waals surface area contributed by atoms with E-state index in [1.54, 1.807) is 12.1 Å². The van der Waals surface area contributed by atoms with Crippen LogP contribution in [0, 0.1) is 10.1 Å². The van der Waals surface area contributed by atoms with Crippen molar-refractivity contribution in [2.24, 2.45) is 0 Å². The number of piperidine rings is 1. The van der Waals surface area contributed by atoms with E-state index in [0.717, 1.165) is 44.0 Å². The van der Waals surface area contributed by atoms with Crippen LogP contribution in [0.25, 0.3) is 0 Å². The predicted molar refractivity (Wildman–Crippen MR) is 125 cm³/mol. The molecule has 3 aliphatic rings. The van der Waals surface area contributed by atoms with Gasteiger partial charge >= 0.3 is 0 Å². The quantitative estimate of drug-likeness (QED) is 0.343. The molecule has 2 saturated heterocycles.